The normalized spacial score (nSPS) is 11.7. The van der Waals surface area contributed by atoms with Gasteiger partial charge >= 0.3 is 5.97 Å². The van der Waals surface area contributed by atoms with Gasteiger partial charge in [0.05, 0.1) is 24.9 Å². The minimum Gasteiger partial charge on any atom is -0.497 e. The molecule has 0 aliphatic rings. The minimum atomic E-state index is -3.95. The van der Waals surface area contributed by atoms with Crippen LogP contribution in [0.4, 0.5) is 5.00 Å². The predicted octanol–water partition coefficient (Wildman–Crippen LogP) is 4.78. The van der Waals surface area contributed by atoms with Crippen molar-refractivity contribution in [2.45, 2.75) is 52.0 Å². The van der Waals surface area contributed by atoms with Gasteiger partial charge in [-0.25, -0.2) is 18.2 Å². The third kappa shape index (κ3) is 7.38. The summed E-state index contributed by atoms with van der Waals surface area (Å²) < 4.78 is 39.3. The van der Waals surface area contributed by atoms with Crippen molar-refractivity contribution in [3.8, 4) is 5.75 Å². The lowest BCUT2D eigenvalue weighted by molar-refractivity contribution is -0.116. The standard InChI is InChI=1S/C26H30N2O6S2/c1-18(29)14-19-6-8-21(9-7-19)16-36(31,32)28(15-20-10-12-22(33-5)13-11-20)24-23(27-17-35-24)25(30)34-26(2,3)4/h6-13,17H,14-16H2,1-5H3. The fourth-order valence-electron chi connectivity index (χ4n) is 3.41. The molecular formula is C26H30N2O6S2. The number of benzene rings is 2. The maximum absolute atomic E-state index is 13.7. The summed E-state index contributed by atoms with van der Waals surface area (Å²) in [6.07, 6.45) is 0.288. The Morgan fingerprint density at radius 3 is 2.11 bits per heavy atom. The van der Waals surface area contributed by atoms with Crippen LogP contribution < -0.4 is 9.04 Å². The van der Waals surface area contributed by atoms with E-state index in [-0.39, 0.29) is 35.2 Å². The Morgan fingerprint density at radius 2 is 1.56 bits per heavy atom. The molecule has 1 aromatic heterocycles. The number of anilines is 1. The smallest absolute Gasteiger partial charge is 0.360 e. The van der Waals surface area contributed by atoms with Crippen LogP contribution in [0.1, 0.15) is 54.9 Å². The average Bonchev–Trinajstić information content (AvgIpc) is 3.27. The number of ether oxygens (including phenoxy) is 2. The number of Topliss-reactive ketones (excluding diaryl/α,β-unsaturated/α-hetero) is 1. The van der Waals surface area contributed by atoms with Crippen molar-refractivity contribution in [2.75, 3.05) is 11.4 Å². The number of carbonyl (C=O) groups excluding carboxylic acids is 2. The van der Waals surface area contributed by atoms with E-state index >= 15 is 0 Å². The topological polar surface area (TPSA) is 103 Å². The van der Waals surface area contributed by atoms with Gasteiger partial charge in [-0.05, 0) is 56.5 Å². The van der Waals surface area contributed by atoms with Crippen molar-refractivity contribution in [1.82, 2.24) is 4.98 Å². The van der Waals surface area contributed by atoms with E-state index in [1.165, 1.54) is 16.7 Å². The van der Waals surface area contributed by atoms with Crippen LogP contribution in [0.5, 0.6) is 5.75 Å². The molecule has 0 spiro atoms. The third-order valence-electron chi connectivity index (χ3n) is 5.01. The van der Waals surface area contributed by atoms with Gasteiger partial charge in [0.1, 0.15) is 22.1 Å². The van der Waals surface area contributed by atoms with Crippen LogP contribution in [0.15, 0.2) is 54.0 Å². The number of ketones is 1. The molecule has 0 fully saturated rings. The molecule has 0 bridgehead atoms. The highest BCUT2D eigenvalue weighted by molar-refractivity contribution is 7.92. The first kappa shape index (κ1) is 27.3. The summed E-state index contributed by atoms with van der Waals surface area (Å²) in [5, 5.41) is 0.188. The number of esters is 1. The lowest BCUT2D eigenvalue weighted by Crippen LogP contribution is -2.33. The number of sulfonamides is 1. The lowest BCUT2D eigenvalue weighted by Gasteiger charge is -2.25. The third-order valence-corrected chi connectivity index (χ3v) is 7.66. The summed E-state index contributed by atoms with van der Waals surface area (Å²) in [4.78, 5) is 28.4. The van der Waals surface area contributed by atoms with Gasteiger partial charge in [0.25, 0.3) is 0 Å². The second-order valence-corrected chi connectivity index (χ2v) is 12.0. The molecule has 0 amide bonds. The van der Waals surface area contributed by atoms with Gasteiger partial charge in [-0.2, -0.15) is 0 Å². The number of rotatable bonds is 10. The maximum atomic E-state index is 13.7. The summed E-state index contributed by atoms with van der Waals surface area (Å²) in [5.41, 5.74) is 2.70. The molecule has 0 saturated carbocycles. The van der Waals surface area contributed by atoms with Crippen molar-refractivity contribution < 1.29 is 27.5 Å². The van der Waals surface area contributed by atoms with Crippen LogP contribution in [0, 0.1) is 0 Å². The van der Waals surface area contributed by atoms with Crippen molar-refractivity contribution in [3.63, 3.8) is 0 Å². The number of thiazole rings is 1. The van der Waals surface area contributed by atoms with Gasteiger partial charge in [0, 0.05) is 6.42 Å². The Bertz CT molecular complexity index is 1310. The Labute approximate surface area is 215 Å². The van der Waals surface area contributed by atoms with E-state index in [1.807, 2.05) is 0 Å². The number of carbonyl (C=O) groups is 2. The Kier molecular flexibility index (Phi) is 8.52. The highest BCUT2D eigenvalue weighted by Crippen LogP contribution is 2.32. The highest BCUT2D eigenvalue weighted by atomic mass is 32.2. The largest absolute Gasteiger partial charge is 0.497 e. The summed E-state index contributed by atoms with van der Waals surface area (Å²) in [7, 11) is -2.40. The first-order valence-corrected chi connectivity index (χ1v) is 13.7. The van der Waals surface area contributed by atoms with Crippen molar-refractivity contribution in [2.24, 2.45) is 0 Å². The number of methoxy groups -OCH3 is 1. The van der Waals surface area contributed by atoms with E-state index in [2.05, 4.69) is 4.98 Å². The molecule has 1 heterocycles. The molecule has 192 valence electrons. The van der Waals surface area contributed by atoms with Crippen LogP contribution in [-0.2, 0) is 38.3 Å². The molecule has 0 atom stereocenters. The molecule has 0 saturated heterocycles. The van der Waals surface area contributed by atoms with Crippen LogP contribution in [0.2, 0.25) is 0 Å². The second kappa shape index (κ2) is 11.2. The number of aromatic nitrogens is 1. The quantitative estimate of drug-likeness (QED) is 0.348. The first-order valence-electron chi connectivity index (χ1n) is 11.3. The fraction of sp³-hybridized carbons (Fsp3) is 0.346. The minimum absolute atomic E-state index is 0.00720. The molecule has 3 aromatic rings. The van der Waals surface area contributed by atoms with E-state index in [0.29, 0.717) is 16.9 Å². The molecule has 0 aliphatic heterocycles. The zero-order valence-corrected chi connectivity index (χ0v) is 22.6. The van der Waals surface area contributed by atoms with Gasteiger partial charge in [-0.3, -0.25) is 9.10 Å². The Hall–Kier alpha value is -3.24. The van der Waals surface area contributed by atoms with Crippen LogP contribution in [0.25, 0.3) is 0 Å². The maximum Gasteiger partial charge on any atom is 0.360 e. The monoisotopic (exact) mass is 530 g/mol. The molecule has 0 radical (unpaired) electrons. The SMILES string of the molecule is COc1ccc(CN(c2scnc2C(=O)OC(C)(C)C)S(=O)(=O)Cc2ccc(CC(C)=O)cc2)cc1. The van der Waals surface area contributed by atoms with Crippen LogP contribution >= 0.6 is 11.3 Å². The van der Waals surface area contributed by atoms with Crippen molar-refractivity contribution in [1.29, 1.82) is 0 Å². The zero-order valence-electron chi connectivity index (χ0n) is 21.0. The number of hydrogen-bond acceptors (Lipinski definition) is 8. The average molecular weight is 531 g/mol. The highest BCUT2D eigenvalue weighted by Gasteiger charge is 2.31. The van der Waals surface area contributed by atoms with Gasteiger partial charge < -0.3 is 9.47 Å². The van der Waals surface area contributed by atoms with E-state index < -0.39 is 21.6 Å². The second-order valence-electron chi connectivity index (χ2n) is 9.31. The summed E-state index contributed by atoms with van der Waals surface area (Å²) in [6.45, 7) is 6.70. The van der Waals surface area contributed by atoms with Gasteiger partial charge in [-0.1, -0.05) is 36.4 Å². The number of hydrogen-bond donors (Lipinski definition) is 0. The summed E-state index contributed by atoms with van der Waals surface area (Å²) >= 11 is 1.06. The zero-order chi connectivity index (χ0) is 26.5. The Balaban J connectivity index is 1.97. The predicted molar refractivity (Wildman–Crippen MR) is 140 cm³/mol. The molecular weight excluding hydrogens is 500 g/mol. The first-order chi connectivity index (χ1) is 16.9. The summed E-state index contributed by atoms with van der Waals surface area (Å²) in [6, 6.07) is 13.9. The van der Waals surface area contributed by atoms with Crippen molar-refractivity contribution in [3.05, 3.63) is 76.4 Å². The Morgan fingerprint density at radius 1 is 0.972 bits per heavy atom. The van der Waals surface area contributed by atoms with Gasteiger partial charge in [-0.15, -0.1) is 11.3 Å². The van der Waals surface area contributed by atoms with Gasteiger partial charge in [0.2, 0.25) is 10.0 Å². The van der Waals surface area contributed by atoms with Gasteiger partial charge in [0.15, 0.2) is 5.69 Å². The van der Waals surface area contributed by atoms with Crippen molar-refractivity contribution >= 4 is 38.1 Å². The van der Waals surface area contributed by atoms with E-state index in [0.717, 1.165) is 16.9 Å². The fourth-order valence-corrected chi connectivity index (χ4v) is 6.02. The molecule has 8 nitrogen and oxygen atoms in total. The molecule has 36 heavy (non-hydrogen) atoms. The molecule has 3 rings (SSSR count). The number of nitrogens with zero attached hydrogens (tertiary/aromatic N) is 2. The van der Waals surface area contributed by atoms with Crippen LogP contribution in [0.3, 0.4) is 0 Å². The lowest BCUT2D eigenvalue weighted by atomic mass is 10.1. The molecule has 0 N–H and O–H groups in total. The summed E-state index contributed by atoms with van der Waals surface area (Å²) in [5.74, 6) is -0.316. The molecule has 10 heteroatoms. The van der Waals surface area contributed by atoms with E-state index in [4.69, 9.17) is 9.47 Å². The van der Waals surface area contributed by atoms with E-state index in [1.54, 1.807) is 76.4 Å². The molecule has 0 aliphatic carbocycles. The molecule has 0 unspecified atom stereocenters. The van der Waals surface area contributed by atoms with Crippen LogP contribution in [-0.4, -0.2) is 37.9 Å². The molecule has 2 aromatic carbocycles. The van der Waals surface area contributed by atoms with E-state index in [9.17, 15) is 18.0 Å².